The van der Waals surface area contributed by atoms with Crippen LogP contribution in [0, 0.1) is 12.8 Å². The Bertz CT molecular complexity index is 781. The van der Waals surface area contributed by atoms with Crippen LogP contribution in [0.5, 0.6) is 11.5 Å². The molecular formula is C21H29N3O4S. The fourth-order valence-electron chi connectivity index (χ4n) is 3.38. The molecular weight excluding hydrogens is 390 g/mol. The molecule has 3 rings (SSSR count). The summed E-state index contributed by atoms with van der Waals surface area (Å²) < 4.78 is 16.5. The SMILES string of the molecule is COc1cc(COCC2CCN(CC(=O)Nc3nc(C)cs3)CC2)cc(OC)c1. The van der Waals surface area contributed by atoms with Gasteiger partial charge in [-0.3, -0.25) is 9.69 Å². The zero-order chi connectivity index (χ0) is 20.6. The Morgan fingerprint density at radius 1 is 1.21 bits per heavy atom. The lowest BCUT2D eigenvalue weighted by Gasteiger charge is -2.31. The van der Waals surface area contributed by atoms with E-state index in [4.69, 9.17) is 14.2 Å². The highest BCUT2D eigenvalue weighted by molar-refractivity contribution is 7.13. The highest BCUT2D eigenvalue weighted by atomic mass is 32.1. The van der Waals surface area contributed by atoms with Gasteiger partial charge in [0.05, 0.1) is 33.1 Å². The third-order valence-corrected chi connectivity index (χ3v) is 5.85. The van der Waals surface area contributed by atoms with Crippen LogP contribution in [0.2, 0.25) is 0 Å². The summed E-state index contributed by atoms with van der Waals surface area (Å²) in [7, 11) is 3.29. The molecule has 29 heavy (non-hydrogen) atoms. The number of benzene rings is 1. The highest BCUT2D eigenvalue weighted by Gasteiger charge is 2.21. The molecule has 0 radical (unpaired) electrons. The van der Waals surface area contributed by atoms with Crippen LogP contribution in [0.4, 0.5) is 5.13 Å². The molecule has 0 spiro atoms. The molecule has 0 atom stereocenters. The van der Waals surface area contributed by atoms with Crippen LogP contribution in [0.15, 0.2) is 23.6 Å². The van der Waals surface area contributed by atoms with E-state index < -0.39 is 0 Å². The third kappa shape index (κ3) is 6.69. The Morgan fingerprint density at radius 2 is 1.90 bits per heavy atom. The van der Waals surface area contributed by atoms with Crippen molar-refractivity contribution in [1.82, 2.24) is 9.88 Å². The molecule has 0 unspecified atom stereocenters. The van der Waals surface area contributed by atoms with Gasteiger partial charge < -0.3 is 19.5 Å². The van der Waals surface area contributed by atoms with Gasteiger partial charge in [0.2, 0.25) is 5.91 Å². The first kappa shape index (κ1) is 21.5. The number of thiazole rings is 1. The first-order valence-corrected chi connectivity index (χ1v) is 10.7. The molecule has 2 heterocycles. The number of aromatic nitrogens is 1. The van der Waals surface area contributed by atoms with Gasteiger partial charge in [-0.1, -0.05) is 0 Å². The lowest BCUT2D eigenvalue weighted by molar-refractivity contribution is -0.117. The number of nitrogens with zero attached hydrogens (tertiary/aromatic N) is 2. The molecule has 0 bridgehead atoms. The number of rotatable bonds is 9. The number of anilines is 1. The largest absolute Gasteiger partial charge is 0.497 e. The van der Waals surface area contributed by atoms with Crippen LogP contribution in [-0.4, -0.2) is 56.3 Å². The summed E-state index contributed by atoms with van der Waals surface area (Å²) in [4.78, 5) is 18.6. The maximum Gasteiger partial charge on any atom is 0.240 e. The number of aryl methyl sites for hydroxylation is 1. The summed E-state index contributed by atoms with van der Waals surface area (Å²) in [5, 5.41) is 5.48. The number of likely N-dealkylation sites (tertiary alicyclic amines) is 1. The van der Waals surface area contributed by atoms with Crippen LogP contribution >= 0.6 is 11.3 Å². The number of carbonyl (C=O) groups is 1. The van der Waals surface area contributed by atoms with Gasteiger partial charge in [-0.2, -0.15) is 0 Å². The first-order chi connectivity index (χ1) is 14.1. The highest BCUT2D eigenvalue weighted by Crippen LogP contribution is 2.24. The monoisotopic (exact) mass is 419 g/mol. The molecule has 7 nitrogen and oxygen atoms in total. The Kier molecular flexibility index (Phi) is 7.85. The minimum atomic E-state index is 0.000946. The van der Waals surface area contributed by atoms with Crippen molar-refractivity contribution in [3.05, 3.63) is 34.8 Å². The van der Waals surface area contributed by atoms with Crippen molar-refractivity contribution in [3.63, 3.8) is 0 Å². The second kappa shape index (κ2) is 10.6. The smallest absolute Gasteiger partial charge is 0.240 e. The number of piperidine rings is 1. The number of hydrogen-bond donors (Lipinski definition) is 1. The van der Waals surface area contributed by atoms with Gasteiger partial charge in [-0.25, -0.2) is 4.98 Å². The van der Waals surface area contributed by atoms with Gasteiger partial charge in [0.1, 0.15) is 11.5 Å². The zero-order valence-electron chi connectivity index (χ0n) is 17.3. The van der Waals surface area contributed by atoms with Crippen molar-refractivity contribution >= 4 is 22.4 Å². The lowest BCUT2D eigenvalue weighted by atomic mass is 9.98. The summed E-state index contributed by atoms with van der Waals surface area (Å²) in [6.45, 7) is 5.40. The van der Waals surface area contributed by atoms with Crippen LogP contribution < -0.4 is 14.8 Å². The van der Waals surface area contributed by atoms with E-state index >= 15 is 0 Å². The number of ether oxygens (including phenoxy) is 3. The minimum Gasteiger partial charge on any atom is -0.497 e. The molecule has 0 saturated carbocycles. The fraction of sp³-hybridized carbons (Fsp3) is 0.524. The second-order valence-corrected chi connectivity index (χ2v) is 8.16. The third-order valence-electron chi connectivity index (χ3n) is 4.97. The predicted octanol–water partition coefficient (Wildman–Crippen LogP) is 3.34. The van der Waals surface area contributed by atoms with E-state index in [1.54, 1.807) is 14.2 Å². The summed E-state index contributed by atoms with van der Waals surface area (Å²) in [5.74, 6) is 2.05. The fourth-order valence-corrected chi connectivity index (χ4v) is 4.08. The molecule has 1 fully saturated rings. The quantitative estimate of drug-likeness (QED) is 0.672. The van der Waals surface area contributed by atoms with Crippen LogP contribution in [0.1, 0.15) is 24.1 Å². The number of methoxy groups -OCH3 is 2. The average Bonchev–Trinajstić information content (AvgIpc) is 3.13. The number of nitrogens with one attached hydrogen (secondary N) is 1. The van der Waals surface area contributed by atoms with Crippen molar-refractivity contribution in [1.29, 1.82) is 0 Å². The Labute approximate surface area is 176 Å². The standard InChI is InChI=1S/C21H29N3O4S/c1-15-14-29-21(22-15)23-20(25)11-24-6-4-16(5-7-24)12-28-13-17-8-18(26-2)10-19(9-17)27-3/h8-10,14,16H,4-7,11-13H2,1-3H3,(H,22,23,25). The molecule has 1 aliphatic heterocycles. The van der Waals surface area contributed by atoms with Gasteiger partial charge in [-0.05, 0) is 56.5 Å². The second-order valence-electron chi connectivity index (χ2n) is 7.30. The predicted molar refractivity (Wildman–Crippen MR) is 114 cm³/mol. The number of carbonyl (C=O) groups excluding carboxylic acids is 1. The van der Waals surface area contributed by atoms with Crippen molar-refractivity contribution in [2.45, 2.75) is 26.4 Å². The van der Waals surface area contributed by atoms with Gasteiger partial charge in [-0.15, -0.1) is 11.3 Å². The van der Waals surface area contributed by atoms with E-state index in [1.165, 1.54) is 11.3 Å². The van der Waals surface area contributed by atoms with Gasteiger partial charge in [0.25, 0.3) is 0 Å². The summed E-state index contributed by atoms with van der Waals surface area (Å²) in [6, 6.07) is 5.78. The van der Waals surface area contributed by atoms with Crippen molar-refractivity contribution in [3.8, 4) is 11.5 Å². The molecule has 2 aromatic rings. The molecule has 1 N–H and O–H groups in total. The van der Waals surface area contributed by atoms with E-state index in [0.717, 1.165) is 55.3 Å². The lowest BCUT2D eigenvalue weighted by Crippen LogP contribution is -2.40. The van der Waals surface area contributed by atoms with Gasteiger partial charge in [0.15, 0.2) is 5.13 Å². The normalized spacial score (nSPS) is 15.3. The Morgan fingerprint density at radius 3 is 2.48 bits per heavy atom. The molecule has 1 aromatic heterocycles. The summed E-state index contributed by atoms with van der Waals surface area (Å²) >= 11 is 1.46. The maximum absolute atomic E-state index is 12.2. The average molecular weight is 420 g/mol. The van der Waals surface area contributed by atoms with E-state index in [9.17, 15) is 4.79 Å². The molecule has 1 aliphatic rings. The van der Waals surface area contributed by atoms with Crippen LogP contribution in [0.3, 0.4) is 0 Å². The number of amides is 1. The molecule has 0 aliphatic carbocycles. The van der Waals surface area contributed by atoms with Crippen LogP contribution in [0.25, 0.3) is 0 Å². The first-order valence-electron chi connectivity index (χ1n) is 9.79. The van der Waals surface area contributed by atoms with E-state index in [1.807, 2.05) is 30.5 Å². The van der Waals surface area contributed by atoms with Gasteiger partial charge in [0, 0.05) is 18.1 Å². The molecule has 1 amide bonds. The number of hydrogen-bond acceptors (Lipinski definition) is 7. The Hall–Kier alpha value is -2.16. The summed E-state index contributed by atoms with van der Waals surface area (Å²) in [6.07, 6.45) is 2.07. The topological polar surface area (TPSA) is 72.9 Å². The maximum atomic E-state index is 12.2. The van der Waals surface area contributed by atoms with Crippen LogP contribution in [-0.2, 0) is 16.1 Å². The molecule has 1 saturated heterocycles. The molecule has 8 heteroatoms. The van der Waals surface area contributed by atoms with Gasteiger partial charge >= 0.3 is 0 Å². The zero-order valence-corrected chi connectivity index (χ0v) is 18.1. The van der Waals surface area contributed by atoms with E-state index in [-0.39, 0.29) is 5.91 Å². The minimum absolute atomic E-state index is 0.000946. The van der Waals surface area contributed by atoms with Crippen molar-refractivity contribution in [2.75, 3.05) is 45.8 Å². The Balaban J connectivity index is 1.36. The van der Waals surface area contributed by atoms with Crippen molar-refractivity contribution in [2.24, 2.45) is 5.92 Å². The molecule has 1 aromatic carbocycles. The molecule has 158 valence electrons. The van der Waals surface area contributed by atoms with Crippen molar-refractivity contribution < 1.29 is 19.0 Å². The van der Waals surface area contributed by atoms with E-state index in [0.29, 0.717) is 24.2 Å². The van der Waals surface area contributed by atoms with E-state index in [2.05, 4.69) is 15.2 Å². The summed E-state index contributed by atoms with van der Waals surface area (Å²) in [5.41, 5.74) is 1.96.